The van der Waals surface area contributed by atoms with E-state index in [1.54, 1.807) is 0 Å². The summed E-state index contributed by atoms with van der Waals surface area (Å²) in [6, 6.07) is 0. The van der Waals surface area contributed by atoms with Crippen LogP contribution in [0.3, 0.4) is 0 Å². The van der Waals surface area contributed by atoms with Gasteiger partial charge in [0.15, 0.2) is 11.5 Å². The van der Waals surface area contributed by atoms with Crippen LogP contribution < -0.4 is 5.43 Å². The highest BCUT2D eigenvalue weighted by atomic mass is 16.5. The third-order valence-corrected chi connectivity index (χ3v) is 2.14. The zero-order valence-electron chi connectivity index (χ0n) is 8.59. The van der Waals surface area contributed by atoms with Gasteiger partial charge >= 0.3 is 5.97 Å². The molecule has 0 aliphatic carbocycles. The van der Waals surface area contributed by atoms with Crippen LogP contribution >= 0.6 is 0 Å². The van der Waals surface area contributed by atoms with Gasteiger partial charge in [0.1, 0.15) is 0 Å². The van der Waals surface area contributed by atoms with Crippen molar-refractivity contribution in [3.05, 3.63) is 18.1 Å². The summed E-state index contributed by atoms with van der Waals surface area (Å²) >= 11 is 0. The lowest BCUT2D eigenvalue weighted by Crippen LogP contribution is -2.40. The fourth-order valence-corrected chi connectivity index (χ4v) is 1.36. The predicted molar refractivity (Wildman–Crippen MR) is 55.0 cm³/mol. The average molecular weight is 224 g/mol. The number of nitrogens with zero attached hydrogens (tertiary/aromatic N) is 3. The van der Waals surface area contributed by atoms with Gasteiger partial charge < -0.3 is 15.3 Å². The molecule has 1 saturated heterocycles. The summed E-state index contributed by atoms with van der Waals surface area (Å²) in [5.74, 6) is -0.653. The number of carbonyl (C=O) groups is 1. The van der Waals surface area contributed by atoms with Gasteiger partial charge in [-0.25, -0.2) is 14.8 Å². The van der Waals surface area contributed by atoms with E-state index in [4.69, 9.17) is 9.84 Å². The van der Waals surface area contributed by atoms with E-state index in [9.17, 15) is 4.79 Å². The lowest BCUT2D eigenvalue weighted by atomic mass is 10.4. The number of carboxylic acids is 1. The van der Waals surface area contributed by atoms with Crippen LogP contribution in [0.25, 0.3) is 0 Å². The number of nitrogens with one attached hydrogen (secondary N) is 1. The quantitative estimate of drug-likeness (QED) is 0.737. The van der Waals surface area contributed by atoms with Crippen molar-refractivity contribution in [2.75, 3.05) is 31.7 Å². The maximum absolute atomic E-state index is 10.7. The molecule has 1 aliphatic rings. The maximum atomic E-state index is 10.7. The lowest BCUT2D eigenvalue weighted by molar-refractivity contribution is 0.0494. The molecule has 16 heavy (non-hydrogen) atoms. The molecule has 0 amide bonds. The van der Waals surface area contributed by atoms with Crippen LogP contribution in [0.5, 0.6) is 0 Å². The molecule has 2 heterocycles. The average Bonchev–Trinajstić information content (AvgIpc) is 2.30. The number of aromatic carboxylic acids is 1. The number of hydrazine groups is 1. The molecule has 86 valence electrons. The van der Waals surface area contributed by atoms with Crippen LogP contribution in [-0.2, 0) is 4.74 Å². The molecule has 7 nitrogen and oxygen atoms in total. The SMILES string of the molecule is O=C(O)c1cncc(NN2CCOCC2)n1. The van der Waals surface area contributed by atoms with Crippen molar-refractivity contribution in [3.63, 3.8) is 0 Å². The van der Waals surface area contributed by atoms with E-state index in [0.29, 0.717) is 19.0 Å². The molecule has 2 N–H and O–H groups in total. The summed E-state index contributed by atoms with van der Waals surface area (Å²) in [4.78, 5) is 18.4. The normalized spacial score (nSPS) is 17.0. The molecule has 1 aromatic rings. The molecule has 0 radical (unpaired) electrons. The minimum absolute atomic E-state index is 0.0711. The second-order valence-electron chi connectivity index (χ2n) is 3.31. The fourth-order valence-electron chi connectivity index (χ4n) is 1.36. The number of morpholine rings is 1. The highest BCUT2D eigenvalue weighted by Crippen LogP contribution is 2.05. The van der Waals surface area contributed by atoms with Crippen LogP contribution in [0.4, 0.5) is 5.82 Å². The summed E-state index contributed by atoms with van der Waals surface area (Å²) in [5, 5.41) is 10.7. The van der Waals surface area contributed by atoms with Crippen molar-refractivity contribution >= 4 is 11.8 Å². The van der Waals surface area contributed by atoms with Crippen molar-refractivity contribution < 1.29 is 14.6 Å². The molecular weight excluding hydrogens is 212 g/mol. The highest BCUT2D eigenvalue weighted by Gasteiger charge is 2.12. The number of anilines is 1. The molecule has 1 aliphatic heterocycles. The molecule has 0 atom stereocenters. The van der Waals surface area contributed by atoms with Gasteiger partial charge in [-0.1, -0.05) is 0 Å². The molecule has 0 spiro atoms. The first-order valence-corrected chi connectivity index (χ1v) is 4.90. The van der Waals surface area contributed by atoms with Gasteiger partial charge in [0.05, 0.1) is 25.6 Å². The van der Waals surface area contributed by atoms with E-state index in [-0.39, 0.29) is 5.69 Å². The summed E-state index contributed by atoms with van der Waals surface area (Å²) in [6.45, 7) is 2.77. The number of ether oxygens (including phenoxy) is 1. The van der Waals surface area contributed by atoms with E-state index < -0.39 is 5.97 Å². The summed E-state index contributed by atoms with van der Waals surface area (Å²) in [7, 11) is 0. The minimum atomic E-state index is -1.09. The van der Waals surface area contributed by atoms with E-state index in [1.807, 2.05) is 5.01 Å². The van der Waals surface area contributed by atoms with Crippen molar-refractivity contribution in [1.29, 1.82) is 0 Å². The summed E-state index contributed by atoms with van der Waals surface area (Å²) in [6.07, 6.45) is 2.70. The van der Waals surface area contributed by atoms with Gasteiger partial charge in [0, 0.05) is 13.1 Å². The highest BCUT2D eigenvalue weighted by molar-refractivity contribution is 5.85. The number of aromatic nitrogens is 2. The Kier molecular flexibility index (Phi) is 3.28. The van der Waals surface area contributed by atoms with Crippen molar-refractivity contribution in [2.24, 2.45) is 0 Å². The van der Waals surface area contributed by atoms with Crippen LogP contribution in [0.15, 0.2) is 12.4 Å². The van der Waals surface area contributed by atoms with E-state index >= 15 is 0 Å². The minimum Gasteiger partial charge on any atom is -0.476 e. The maximum Gasteiger partial charge on any atom is 0.356 e. The molecular formula is C9H12N4O3. The Morgan fingerprint density at radius 2 is 2.19 bits per heavy atom. The molecule has 1 fully saturated rings. The van der Waals surface area contributed by atoms with Gasteiger partial charge in [-0.3, -0.25) is 4.98 Å². The molecule has 2 rings (SSSR count). The Morgan fingerprint density at radius 1 is 1.44 bits per heavy atom. The van der Waals surface area contributed by atoms with Crippen LogP contribution in [-0.4, -0.2) is 52.4 Å². The Balaban J connectivity index is 2.02. The molecule has 0 saturated carbocycles. The standard InChI is InChI=1S/C9H12N4O3/c14-9(15)7-5-10-6-8(11-7)12-13-1-3-16-4-2-13/h5-6H,1-4H2,(H,11,12)(H,14,15). The Labute approximate surface area is 92.0 Å². The van der Waals surface area contributed by atoms with Crippen molar-refractivity contribution in [2.45, 2.75) is 0 Å². The van der Waals surface area contributed by atoms with Crippen LogP contribution in [0, 0.1) is 0 Å². The first kappa shape index (κ1) is 10.8. The predicted octanol–water partition coefficient (Wildman–Crippen LogP) is -0.166. The smallest absolute Gasteiger partial charge is 0.356 e. The Bertz CT molecular complexity index is 379. The monoisotopic (exact) mass is 224 g/mol. The number of carboxylic acid groups (broad SMARTS) is 1. The van der Waals surface area contributed by atoms with Crippen LogP contribution in [0.2, 0.25) is 0 Å². The first-order valence-electron chi connectivity index (χ1n) is 4.90. The second kappa shape index (κ2) is 4.86. The van der Waals surface area contributed by atoms with Gasteiger partial charge in [0.2, 0.25) is 0 Å². The van der Waals surface area contributed by atoms with Gasteiger partial charge in [-0.2, -0.15) is 0 Å². The third-order valence-electron chi connectivity index (χ3n) is 2.14. The molecule has 0 aromatic carbocycles. The van der Waals surface area contributed by atoms with Gasteiger partial charge in [0.25, 0.3) is 0 Å². The first-order chi connectivity index (χ1) is 7.75. The summed E-state index contributed by atoms with van der Waals surface area (Å²) < 4.78 is 5.19. The van der Waals surface area contributed by atoms with Crippen molar-refractivity contribution in [3.8, 4) is 0 Å². The Morgan fingerprint density at radius 3 is 2.88 bits per heavy atom. The van der Waals surface area contributed by atoms with Crippen molar-refractivity contribution in [1.82, 2.24) is 15.0 Å². The van der Waals surface area contributed by atoms with Gasteiger partial charge in [-0.05, 0) is 0 Å². The van der Waals surface area contributed by atoms with E-state index in [2.05, 4.69) is 15.4 Å². The number of hydrogen-bond acceptors (Lipinski definition) is 6. The van der Waals surface area contributed by atoms with E-state index in [1.165, 1.54) is 12.4 Å². The van der Waals surface area contributed by atoms with Crippen LogP contribution in [0.1, 0.15) is 10.5 Å². The Hall–Kier alpha value is -1.73. The van der Waals surface area contributed by atoms with Gasteiger partial charge in [-0.15, -0.1) is 0 Å². The molecule has 0 bridgehead atoms. The largest absolute Gasteiger partial charge is 0.476 e. The topological polar surface area (TPSA) is 87.6 Å². The second-order valence-corrected chi connectivity index (χ2v) is 3.31. The summed E-state index contributed by atoms with van der Waals surface area (Å²) in [5.41, 5.74) is 2.92. The number of hydrogen-bond donors (Lipinski definition) is 2. The zero-order chi connectivity index (χ0) is 11.4. The fraction of sp³-hybridized carbons (Fsp3) is 0.444. The molecule has 0 unspecified atom stereocenters. The third kappa shape index (κ3) is 2.65. The lowest BCUT2D eigenvalue weighted by Gasteiger charge is -2.27. The zero-order valence-corrected chi connectivity index (χ0v) is 8.59. The number of rotatable bonds is 3. The molecule has 7 heteroatoms. The molecule has 1 aromatic heterocycles. The van der Waals surface area contributed by atoms with E-state index in [0.717, 1.165) is 13.1 Å².